The highest BCUT2D eigenvalue weighted by molar-refractivity contribution is 7.91. The van der Waals surface area contributed by atoms with E-state index >= 15 is 0 Å². The second-order valence-electron chi connectivity index (χ2n) is 5.79. The maximum atomic E-state index is 12.3. The van der Waals surface area contributed by atoms with Crippen molar-refractivity contribution in [2.45, 2.75) is 12.7 Å². The summed E-state index contributed by atoms with van der Waals surface area (Å²) in [6, 6.07) is 11.0. The van der Waals surface area contributed by atoms with Crippen molar-refractivity contribution < 1.29 is 13.2 Å². The quantitative estimate of drug-likeness (QED) is 0.897. The monoisotopic (exact) mass is 347 g/mol. The molecule has 24 heavy (non-hydrogen) atoms. The topological polar surface area (TPSA) is 71.5 Å². The van der Waals surface area contributed by atoms with Gasteiger partial charge in [-0.25, -0.2) is 13.4 Å². The zero-order chi connectivity index (χ0) is 17.0. The highest BCUT2D eigenvalue weighted by Gasteiger charge is 2.15. The zero-order valence-electron chi connectivity index (χ0n) is 13.6. The summed E-state index contributed by atoms with van der Waals surface area (Å²) < 4.78 is 32.6. The van der Waals surface area contributed by atoms with Gasteiger partial charge in [-0.3, -0.25) is 4.72 Å². The molecule has 0 bridgehead atoms. The van der Waals surface area contributed by atoms with Crippen LogP contribution in [0.5, 0.6) is 0 Å². The van der Waals surface area contributed by atoms with E-state index in [4.69, 9.17) is 4.74 Å². The van der Waals surface area contributed by atoms with E-state index < -0.39 is 10.0 Å². The Kier molecular flexibility index (Phi) is 5.01. The molecule has 1 aromatic heterocycles. The fourth-order valence-electron chi connectivity index (χ4n) is 2.62. The normalized spacial score (nSPS) is 15.3. The van der Waals surface area contributed by atoms with Crippen molar-refractivity contribution in [3.63, 3.8) is 0 Å². The van der Waals surface area contributed by atoms with Crippen LogP contribution in [0.3, 0.4) is 0 Å². The maximum Gasteiger partial charge on any atom is 0.236 e. The lowest BCUT2D eigenvalue weighted by atomic mass is 10.1. The number of anilines is 2. The van der Waals surface area contributed by atoms with Gasteiger partial charge in [0, 0.05) is 13.1 Å². The molecule has 0 unspecified atom stereocenters. The molecule has 128 valence electrons. The summed E-state index contributed by atoms with van der Waals surface area (Å²) in [6.45, 7) is 4.87. The van der Waals surface area contributed by atoms with Gasteiger partial charge in [0.25, 0.3) is 0 Å². The Labute approximate surface area is 142 Å². The highest BCUT2D eigenvalue weighted by Crippen LogP contribution is 2.18. The number of morpholine rings is 1. The van der Waals surface area contributed by atoms with Crippen LogP contribution in [0, 0.1) is 6.92 Å². The van der Waals surface area contributed by atoms with E-state index in [-0.39, 0.29) is 5.75 Å². The summed E-state index contributed by atoms with van der Waals surface area (Å²) in [6.07, 6.45) is 1.56. The summed E-state index contributed by atoms with van der Waals surface area (Å²) in [5.41, 5.74) is 2.23. The van der Waals surface area contributed by atoms with E-state index in [0.717, 1.165) is 30.0 Å². The van der Waals surface area contributed by atoms with E-state index in [1.807, 2.05) is 37.3 Å². The van der Waals surface area contributed by atoms with E-state index in [9.17, 15) is 8.42 Å². The van der Waals surface area contributed by atoms with Crippen LogP contribution in [-0.4, -0.2) is 39.7 Å². The van der Waals surface area contributed by atoms with Gasteiger partial charge in [0.1, 0.15) is 5.82 Å². The van der Waals surface area contributed by atoms with E-state index in [0.29, 0.717) is 18.9 Å². The molecule has 0 atom stereocenters. The third-order valence-corrected chi connectivity index (χ3v) is 5.20. The first-order valence-corrected chi connectivity index (χ1v) is 9.52. The molecule has 2 aromatic rings. The molecule has 0 radical (unpaired) electrons. The number of sulfonamides is 1. The molecule has 1 fully saturated rings. The first-order valence-electron chi connectivity index (χ1n) is 7.87. The van der Waals surface area contributed by atoms with Crippen molar-refractivity contribution in [1.82, 2.24) is 4.98 Å². The Balaban J connectivity index is 1.67. The van der Waals surface area contributed by atoms with Crippen LogP contribution in [0.25, 0.3) is 0 Å². The lowest BCUT2D eigenvalue weighted by Crippen LogP contribution is -2.36. The number of aromatic nitrogens is 1. The van der Waals surface area contributed by atoms with Gasteiger partial charge in [0.2, 0.25) is 10.0 Å². The van der Waals surface area contributed by atoms with E-state index in [2.05, 4.69) is 14.6 Å². The van der Waals surface area contributed by atoms with Crippen molar-refractivity contribution in [2.24, 2.45) is 0 Å². The number of benzene rings is 1. The number of ether oxygens (including phenoxy) is 1. The third-order valence-electron chi connectivity index (χ3n) is 3.96. The molecule has 1 saturated heterocycles. The summed E-state index contributed by atoms with van der Waals surface area (Å²) in [7, 11) is -3.47. The molecule has 0 saturated carbocycles. The Hall–Kier alpha value is -2.12. The fourth-order valence-corrected chi connectivity index (χ4v) is 3.90. The number of aryl methyl sites for hydroxylation is 1. The smallest absolute Gasteiger partial charge is 0.236 e. The van der Waals surface area contributed by atoms with Gasteiger partial charge in [0.15, 0.2) is 0 Å². The highest BCUT2D eigenvalue weighted by atomic mass is 32.2. The van der Waals surface area contributed by atoms with Gasteiger partial charge < -0.3 is 9.64 Å². The van der Waals surface area contributed by atoms with Gasteiger partial charge in [-0.1, -0.05) is 24.3 Å². The minimum absolute atomic E-state index is 0.0507. The molecule has 1 aliphatic heterocycles. The molecule has 0 amide bonds. The summed E-state index contributed by atoms with van der Waals surface area (Å²) in [5, 5.41) is 0. The van der Waals surface area contributed by atoms with Crippen molar-refractivity contribution in [3.8, 4) is 0 Å². The van der Waals surface area contributed by atoms with Gasteiger partial charge in [0.05, 0.1) is 30.9 Å². The number of nitrogens with zero attached hydrogens (tertiary/aromatic N) is 2. The minimum atomic E-state index is -3.47. The predicted octanol–water partition coefficient (Wildman–Crippen LogP) is 2.17. The first kappa shape index (κ1) is 16.7. The molecule has 1 aliphatic rings. The number of hydrogen-bond acceptors (Lipinski definition) is 5. The minimum Gasteiger partial charge on any atom is -0.378 e. The van der Waals surface area contributed by atoms with Crippen LogP contribution in [-0.2, 0) is 20.5 Å². The van der Waals surface area contributed by atoms with E-state index in [1.165, 1.54) is 0 Å². The lowest BCUT2D eigenvalue weighted by Gasteiger charge is -2.27. The molecule has 1 aromatic carbocycles. The van der Waals surface area contributed by atoms with Gasteiger partial charge >= 0.3 is 0 Å². The fraction of sp³-hybridized carbons (Fsp3) is 0.353. The SMILES string of the molecule is Cc1ccccc1CS(=O)(=O)Nc1ccc(N2CCOCC2)nc1. The number of nitrogens with one attached hydrogen (secondary N) is 1. The number of hydrogen-bond donors (Lipinski definition) is 1. The largest absolute Gasteiger partial charge is 0.378 e. The first-order chi connectivity index (χ1) is 11.5. The Morgan fingerprint density at radius 1 is 1.17 bits per heavy atom. The molecule has 6 nitrogen and oxygen atoms in total. The number of rotatable bonds is 5. The zero-order valence-corrected chi connectivity index (χ0v) is 14.4. The average molecular weight is 347 g/mol. The predicted molar refractivity (Wildman–Crippen MR) is 94.7 cm³/mol. The van der Waals surface area contributed by atoms with E-state index in [1.54, 1.807) is 12.3 Å². The van der Waals surface area contributed by atoms with Gasteiger partial charge in [-0.15, -0.1) is 0 Å². The molecule has 3 rings (SSSR count). The molecular weight excluding hydrogens is 326 g/mol. The second-order valence-corrected chi connectivity index (χ2v) is 7.51. The molecule has 7 heteroatoms. The van der Waals surface area contributed by atoms with Crippen LogP contribution in [0.15, 0.2) is 42.6 Å². The van der Waals surface area contributed by atoms with Crippen molar-refractivity contribution in [2.75, 3.05) is 35.9 Å². The Bertz CT molecular complexity index is 785. The van der Waals surface area contributed by atoms with Crippen molar-refractivity contribution >= 4 is 21.5 Å². The lowest BCUT2D eigenvalue weighted by molar-refractivity contribution is 0.122. The summed E-state index contributed by atoms with van der Waals surface area (Å²) in [4.78, 5) is 6.47. The molecule has 0 aliphatic carbocycles. The molecular formula is C17H21N3O3S. The van der Waals surface area contributed by atoms with Crippen LogP contribution >= 0.6 is 0 Å². The molecule has 2 heterocycles. The Morgan fingerprint density at radius 3 is 2.58 bits per heavy atom. The standard InChI is InChI=1S/C17H21N3O3S/c1-14-4-2-3-5-15(14)13-24(21,22)19-16-6-7-17(18-12-16)20-8-10-23-11-9-20/h2-7,12,19H,8-11,13H2,1H3. The third kappa shape index (κ3) is 4.24. The van der Waals surface area contributed by atoms with Gasteiger partial charge in [-0.2, -0.15) is 0 Å². The molecule has 1 N–H and O–H groups in total. The summed E-state index contributed by atoms with van der Waals surface area (Å²) >= 11 is 0. The van der Waals surface area contributed by atoms with Crippen LogP contribution in [0.4, 0.5) is 11.5 Å². The van der Waals surface area contributed by atoms with Crippen LogP contribution < -0.4 is 9.62 Å². The Morgan fingerprint density at radius 2 is 1.92 bits per heavy atom. The van der Waals surface area contributed by atoms with Crippen molar-refractivity contribution in [1.29, 1.82) is 0 Å². The molecule has 0 spiro atoms. The maximum absolute atomic E-state index is 12.3. The average Bonchev–Trinajstić information content (AvgIpc) is 2.58. The van der Waals surface area contributed by atoms with Gasteiger partial charge in [-0.05, 0) is 30.2 Å². The van der Waals surface area contributed by atoms with Crippen molar-refractivity contribution in [3.05, 3.63) is 53.7 Å². The number of pyridine rings is 1. The van der Waals surface area contributed by atoms with Crippen LogP contribution in [0.2, 0.25) is 0 Å². The summed E-state index contributed by atoms with van der Waals surface area (Å²) in [5.74, 6) is 0.783. The second kappa shape index (κ2) is 7.19. The van der Waals surface area contributed by atoms with Crippen LogP contribution in [0.1, 0.15) is 11.1 Å².